The number of aromatic nitrogens is 3. The van der Waals surface area contributed by atoms with Gasteiger partial charge in [0.25, 0.3) is 0 Å². The number of hydrogen-bond acceptors (Lipinski definition) is 7. The molecule has 2 atom stereocenters. The molecule has 3 heterocycles. The highest BCUT2D eigenvalue weighted by molar-refractivity contribution is 8.00. The van der Waals surface area contributed by atoms with Crippen molar-refractivity contribution in [2.45, 2.75) is 61.7 Å². The molecule has 2 aliphatic rings. The van der Waals surface area contributed by atoms with Gasteiger partial charge in [0, 0.05) is 12.6 Å². The Balaban J connectivity index is 1.46. The maximum absolute atomic E-state index is 12.4. The number of hydrogen-bond donors (Lipinski definition) is 2. The van der Waals surface area contributed by atoms with Crippen LogP contribution in [-0.4, -0.2) is 50.7 Å². The third kappa shape index (κ3) is 4.73. The van der Waals surface area contributed by atoms with E-state index in [0.717, 1.165) is 43.0 Å². The lowest BCUT2D eigenvalue weighted by Gasteiger charge is -2.16. The summed E-state index contributed by atoms with van der Waals surface area (Å²) in [4.78, 5) is 25.2. The minimum absolute atomic E-state index is 0.127. The van der Waals surface area contributed by atoms with Crippen LogP contribution in [0, 0.1) is 0 Å². The highest BCUT2D eigenvalue weighted by atomic mass is 32.2. The molecule has 2 aromatic heterocycles. The molecule has 2 N–H and O–H groups in total. The van der Waals surface area contributed by atoms with E-state index in [2.05, 4.69) is 20.8 Å². The summed E-state index contributed by atoms with van der Waals surface area (Å²) in [5.41, 5.74) is 0. The first kappa shape index (κ1) is 19.4. The SMILES string of the molecule is C[C@H](Sc1nnc(-c2cccs2)n1C[C@H]1CCCO1)C(=O)NC(=O)NC1CC1. The number of amides is 3. The van der Waals surface area contributed by atoms with E-state index in [1.165, 1.54) is 11.8 Å². The molecule has 1 saturated carbocycles. The topological polar surface area (TPSA) is 98.1 Å². The van der Waals surface area contributed by atoms with Crippen LogP contribution >= 0.6 is 23.1 Å². The summed E-state index contributed by atoms with van der Waals surface area (Å²) in [6, 6.07) is 3.76. The van der Waals surface area contributed by atoms with Gasteiger partial charge in [0.15, 0.2) is 11.0 Å². The fourth-order valence-electron chi connectivity index (χ4n) is 2.99. The summed E-state index contributed by atoms with van der Waals surface area (Å²) in [5.74, 6) is 0.444. The maximum atomic E-state index is 12.4. The van der Waals surface area contributed by atoms with Crippen molar-refractivity contribution in [3.63, 3.8) is 0 Å². The van der Waals surface area contributed by atoms with Gasteiger partial charge in [-0.3, -0.25) is 14.7 Å². The van der Waals surface area contributed by atoms with Crippen LogP contribution in [0.2, 0.25) is 0 Å². The van der Waals surface area contributed by atoms with Crippen molar-refractivity contribution < 1.29 is 14.3 Å². The number of rotatable bonds is 7. The van der Waals surface area contributed by atoms with E-state index in [1.54, 1.807) is 18.3 Å². The average molecular weight is 422 g/mol. The molecule has 2 fully saturated rings. The molecule has 0 bridgehead atoms. The summed E-state index contributed by atoms with van der Waals surface area (Å²) >= 11 is 2.90. The van der Waals surface area contributed by atoms with Gasteiger partial charge in [-0.25, -0.2) is 4.79 Å². The zero-order valence-electron chi connectivity index (χ0n) is 15.6. The molecule has 3 amide bonds. The summed E-state index contributed by atoms with van der Waals surface area (Å²) in [5, 5.41) is 16.0. The van der Waals surface area contributed by atoms with E-state index in [9.17, 15) is 9.59 Å². The number of thiophene rings is 1. The fourth-order valence-corrected chi connectivity index (χ4v) is 4.57. The molecule has 2 aromatic rings. The van der Waals surface area contributed by atoms with Gasteiger partial charge in [-0.2, -0.15) is 0 Å². The third-order valence-electron chi connectivity index (χ3n) is 4.67. The molecule has 0 radical (unpaired) electrons. The van der Waals surface area contributed by atoms with Gasteiger partial charge >= 0.3 is 6.03 Å². The molecule has 1 saturated heterocycles. The van der Waals surface area contributed by atoms with Crippen LogP contribution in [0.25, 0.3) is 10.7 Å². The van der Waals surface area contributed by atoms with Crippen molar-refractivity contribution in [3.8, 4) is 10.7 Å². The first-order valence-corrected chi connectivity index (χ1v) is 11.2. The van der Waals surface area contributed by atoms with Gasteiger partial charge in [0.2, 0.25) is 5.91 Å². The zero-order chi connectivity index (χ0) is 19.5. The van der Waals surface area contributed by atoms with Gasteiger partial charge in [0.05, 0.1) is 22.8 Å². The van der Waals surface area contributed by atoms with E-state index in [1.807, 2.05) is 22.1 Å². The monoisotopic (exact) mass is 421 g/mol. The fraction of sp³-hybridized carbons (Fsp3) is 0.556. The Hall–Kier alpha value is -1.91. The molecule has 28 heavy (non-hydrogen) atoms. The van der Waals surface area contributed by atoms with Gasteiger partial charge in [-0.15, -0.1) is 21.5 Å². The second kappa shape index (κ2) is 8.62. The first-order chi connectivity index (χ1) is 13.6. The Morgan fingerprint density at radius 1 is 1.39 bits per heavy atom. The molecule has 1 aliphatic heterocycles. The Bertz CT molecular complexity index is 828. The van der Waals surface area contributed by atoms with Crippen molar-refractivity contribution >= 4 is 35.0 Å². The number of carbonyl (C=O) groups is 2. The molecule has 0 aromatic carbocycles. The van der Waals surface area contributed by atoms with Gasteiger partial charge in [0.1, 0.15) is 0 Å². The smallest absolute Gasteiger partial charge is 0.321 e. The van der Waals surface area contributed by atoms with Gasteiger partial charge in [-0.1, -0.05) is 17.8 Å². The van der Waals surface area contributed by atoms with Crippen molar-refractivity contribution in [3.05, 3.63) is 17.5 Å². The lowest BCUT2D eigenvalue weighted by Crippen LogP contribution is -2.43. The van der Waals surface area contributed by atoms with E-state index < -0.39 is 11.3 Å². The summed E-state index contributed by atoms with van der Waals surface area (Å²) in [6.45, 7) is 3.19. The number of thioether (sulfide) groups is 1. The van der Waals surface area contributed by atoms with Crippen molar-refractivity contribution in [2.24, 2.45) is 0 Å². The van der Waals surface area contributed by atoms with E-state index in [0.29, 0.717) is 11.7 Å². The number of carbonyl (C=O) groups excluding carboxylic acids is 2. The summed E-state index contributed by atoms with van der Waals surface area (Å²) < 4.78 is 7.82. The van der Waals surface area contributed by atoms with Crippen LogP contribution in [0.5, 0.6) is 0 Å². The Kier molecular flexibility index (Phi) is 5.98. The Morgan fingerprint density at radius 2 is 2.25 bits per heavy atom. The predicted molar refractivity (Wildman–Crippen MR) is 107 cm³/mol. The van der Waals surface area contributed by atoms with E-state index in [-0.39, 0.29) is 18.1 Å². The van der Waals surface area contributed by atoms with E-state index in [4.69, 9.17) is 4.74 Å². The van der Waals surface area contributed by atoms with Crippen molar-refractivity contribution in [1.29, 1.82) is 0 Å². The van der Waals surface area contributed by atoms with Gasteiger partial charge < -0.3 is 10.1 Å². The van der Waals surface area contributed by atoms with E-state index >= 15 is 0 Å². The van der Waals surface area contributed by atoms with Crippen molar-refractivity contribution in [2.75, 3.05) is 6.61 Å². The highest BCUT2D eigenvalue weighted by Gasteiger charge is 2.27. The molecular formula is C18H23N5O3S2. The molecule has 8 nitrogen and oxygen atoms in total. The van der Waals surface area contributed by atoms with Crippen LogP contribution < -0.4 is 10.6 Å². The van der Waals surface area contributed by atoms with Crippen LogP contribution in [0.4, 0.5) is 4.79 Å². The lowest BCUT2D eigenvalue weighted by molar-refractivity contribution is -0.119. The Morgan fingerprint density at radius 3 is 2.93 bits per heavy atom. The predicted octanol–water partition coefficient (Wildman–Crippen LogP) is 2.65. The number of nitrogens with zero attached hydrogens (tertiary/aromatic N) is 3. The summed E-state index contributed by atoms with van der Waals surface area (Å²) in [6.07, 6.45) is 4.14. The number of imide groups is 1. The largest absolute Gasteiger partial charge is 0.376 e. The quantitative estimate of drug-likeness (QED) is 0.667. The normalized spacial score (nSPS) is 20.1. The third-order valence-corrected chi connectivity index (χ3v) is 6.62. The van der Waals surface area contributed by atoms with Crippen molar-refractivity contribution in [1.82, 2.24) is 25.4 Å². The average Bonchev–Trinajstić information content (AvgIpc) is 3.11. The standard InChI is InChI=1S/C18H23N5O3S2/c1-11(16(24)20-17(25)19-12-6-7-12)28-18-22-21-15(14-5-3-9-27-14)23(18)10-13-4-2-8-26-13/h3,5,9,11-13H,2,4,6-8,10H2,1H3,(H2,19,20,24,25)/t11-,13+/m0/s1. The first-order valence-electron chi connectivity index (χ1n) is 9.47. The Labute approximate surface area is 171 Å². The summed E-state index contributed by atoms with van der Waals surface area (Å²) in [7, 11) is 0. The van der Waals surface area contributed by atoms with Crippen LogP contribution in [0.3, 0.4) is 0 Å². The maximum Gasteiger partial charge on any atom is 0.321 e. The van der Waals surface area contributed by atoms with Crippen LogP contribution in [0.1, 0.15) is 32.6 Å². The molecule has 0 unspecified atom stereocenters. The lowest BCUT2D eigenvalue weighted by atomic mass is 10.2. The molecule has 0 spiro atoms. The van der Waals surface area contributed by atoms with Crippen LogP contribution in [-0.2, 0) is 16.1 Å². The second-order valence-electron chi connectivity index (χ2n) is 7.03. The molecule has 150 valence electrons. The number of urea groups is 1. The molecular weight excluding hydrogens is 398 g/mol. The second-order valence-corrected chi connectivity index (χ2v) is 9.28. The molecule has 10 heteroatoms. The minimum Gasteiger partial charge on any atom is -0.376 e. The zero-order valence-corrected chi connectivity index (χ0v) is 17.2. The number of ether oxygens (including phenoxy) is 1. The minimum atomic E-state index is -0.478. The molecule has 4 rings (SSSR count). The van der Waals surface area contributed by atoms with Crippen LogP contribution in [0.15, 0.2) is 22.7 Å². The highest BCUT2D eigenvalue weighted by Crippen LogP contribution is 2.30. The number of nitrogens with one attached hydrogen (secondary N) is 2. The molecule has 1 aliphatic carbocycles. The van der Waals surface area contributed by atoms with Gasteiger partial charge in [-0.05, 0) is 44.1 Å².